The van der Waals surface area contributed by atoms with E-state index in [0.717, 1.165) is 16.5 Å². The fraction of sp³-hybridized carbons (Fsp3) is 0.400. The fourth-order valence-corrected chi connectivity index (χ4v) is 4.23. The zero-order valence-electron chi connectivity index (χ0n) is 15.9. The lowest BCUT2D eigenvalue weighted by Crippen LogP contribution is -2.16. The van der Waals surface area contributed by atoms with Crippen molar-refractivity contribution >= 4 is 17.9 Å². The third-order valence-corrected chi connectivity index (χ3v) is 4.96. The summed E-state index contributed by atoms with van der Waals surface area (Å²) in [6.07, 6.45) is 1.61. The summed E-state index contributed by atoms with van der Waals surface area (Å²) in [5, 5.41) is 1.11. The molecule has 0 spiro atoms. The average molecular weight is 374 g/mol. The zero-order valence-corrected chi connectivity index (χ0v) is 16.7. The van der Waals surface area contributed by atoms with Crippen LogP contribution in [0.5, 0.6) is 0 Å². The van der Waals surface area contributed by atoms with E-state index < -0.39 is 6.09 Å². The second kappa shape index (κ2) is 8.94. The molecule has 5 nitrogen and oxygen atoms in total. The number of ether oxygens (including phenoxy) is 1. The van der Waals surface area contributed by atoms with Gasteiger partial charge in [0.2, 0.25) is 0 Å². The van der Waals surface area contributed by atoms with Crippen LogP contribution in [0.25, 0.3) is 0 Å². The minimum absolute atomic E-state index is 0.217. The number of allylic oxidation sites excluding steroid dienone is 1. The molecule has 2 rings (SSSR count). The van der Waals surface area contributed by atoms with Crippen LogP contribution in [-0.2, 0) is 17.7 Å². The number of primary amides is 1. The molecule has 0 aliphatic carbocycles. The largest absolute Gasteiger partial charge is 0.449 e. The van der Waals surface area contributed by atoms with E-state index in [4.69, 9.17) is 15.5 Å². The molecule has 0 aliphatic heterocycles. The van der Waals surface area contributed by atoms with Gasteiger partial charge < -0.3 is 15.0 Å². The number of nitrogens with two attached hydrogens (primary N) is 1. The second-order valence-corrected chi connectivity index (χ2v) is 7.68. The minimum Gasteiger partial charge on any atom is -0.449 e. The number of carbonyl (C=O) groups is 1. The number of aryl methyl sites for hydroxylation is 2. The van der Waals surface area contributed by atoms with Gasteiger partial charge in [0, 0.05) is 17.9 Å². The van der Waals surface area contributed by atoms with Crippen molar-refractivity contribution in [3.8, 4) is 0 Å². The molecule has 0 aliphatic rings. The molecule has 0 atom stereocenters. The second-order valence-electron chi connectivity index (χ2n) is 6.62. The Morgan fingerprint density at radius 3 is 2.54 bits per heavy atom. The van der Waals surface area contributed by atoms with E-state index in [-0.39, 0.29) is 12.5 Å². The van der Waals surface area contributed by atoms with Crippen LogP contribution in [-0.4, -0.2) is 22.3 Å². The Kier molecular flexibility index (Phi) is 6.91. The Morgan fingerprint density at radius 2 is 2.00 bits per heavy atom. The highest BCUT2D eigenvalue weighted by Crippen LogP contribution is 2.35. The molecule has 0 fully saturated rings. The van der Waals surface area contributed by atoms with Crippen LogP contribution in [0.15, 0.2) is 40.8 Å². The van der Waals surface area contributed by atoms with Crippen LogP contribution in [0, 0.1) is 13.8 Å². The number of amides is 1. The number of hydrogen-bond donors (Lipinski definition) is 1. The molecule has 0 bridgehead atoms. The summed E-state index contributed by atoms with van der Waals surface area (Å²) in [4.78, 5) is 16.9. The molecule has 2 aromatic rings. The maximum Gasteiger partial charge on any atom is 0.404 e. The number of hydrogen-bond acceptors (Lipinski definition) is 4. The van der Waals surface area contributed by atoms with Crippen LogP contribution >= 0.6 is 11.8 Å². The topological polar surface area (TPSA) is 70.1 Å². The van der Waals surface area contributed by atoms with Crippen LogP contribution in [0.3, 0.4) is 0 Å². The molecule has 1 heterocycles. The Hall–Kier alpha value is -2.21. The molecular formula is C20H27N3O2S. The van der Waals surface area contributed by atoms with Crippen molar-refractivity contribution in [2.45, 2.75) is 56.5 Å². The van der Waals surface area contributed by atoms with E-state index in [9.17, 15) is 4.79 Å². The van der Waals surface area contributed by atoms with Crippen molar-refractivity contribution in [3.05, 3.63) is 53.5 Å². The molecule has 0 radical (unpaired) electrons. The smallest absolute Gasteiger partial charge is 0.404 e. The maximum atomic E-state index is 10.8. The molecule has 0 saturated heterocycles. The van der Waals surface area contributed by atoms with Gasteiger partial charge in [-0.05, 0) is 43.0 Å². The summed E-state index contributed by atoms with van der Waals surface area (Å²) in [6, 6.07) is 6.53. The third kappa shape index (κ3) is 5.14. The molecule has 1 aromatic carbocycles. The van der Waals surface area contributed by atoms with Crippen LogP contribution in [0.4, 0.5) is 4.79 Å². The quantitative estimate of drug-likeness (QED) is 0.687. The van der Waals surface area contributed by atoms with E-state index in [0.29, 0.717) is 13.0 Å². The van der Waals surface area contributed by atoms with Crippen molar-refractivity contribution in [3.63, 3.8) is 0 Å². The Labute approximate surface area is 159 Å². The van der Waals surface area contributed by atoms with Crippen molar-refractivity contribution in [1.29, 1.82) is 0 Å². The van der Waals surface area contributed by atoms with E-state index >= 15 is 0 Å². The van der Waals surface area contributed by atoms with E-state index in [1.165, 1.54) is 16.0 Å². The van der Waals surface area contributed by atoms with Gasteiger partial charge >= 0.3 is 6.09 Å². The number of imidazole rings is 1. The zero-order chi connectivity index (χ0) is 19.3. The summed E-state index contributed by atoms with van der Waals surface area (Å²) in [7, 11) is 0. The molecule has 2 N–H and O–H groups in total. The average Bonchev–Trinajstić information content (AvgIpc) is 2.85. The van der Waals surface area contributed by atoms with Gasteiger partial charge in [0.15, 0.2) is 0 Å². The first-order valence-corrected chi connectivity index (χ1v) is 9.52. The highest BCUT2D eigenvalue weighted by atomic mass is 32.2. The summed E-state index contributed by atoms with van der Waals surface area (Å²) >= 11 is 1.72. The first-order valence-electron chi connectivity index (χ1n) is 8.70. The number of carbonyl (C=O) groups excluding carboxylic acids is 1. The molecule has 140 valence electrons. The lowest BCUT2D eigenvalue weighted by molar-refractivity contribution is 0.157. The number of nitrogens with zero attached hydrogens (tertiary/aromatic N) is 2. The lowest BCUT2D eigenvalue weighted by atomic mass is 10.1. The van der Waals surface area contributed by atoms with Gasteiger partial charge in [-0.2, -0.15) is 0 Å². The van der Waals surface area contributed by atoms with Gasteiger partial charge in [0.1, 0.15) is 17.5 Å². The molecule has 1 amide bonds. The van der Waals surface area contributed by atoms with Gasteiger partial charge in [-0.25, -0.2) is 9.78 Å². The fourth-order valence-electron chi connectivity index (χ4n) is 2.84. The van der Waals surface area contributed by atoms with Crippen LogP contribution in [0.1, 0.15) is 42.4 Å². The number of aromatic nitrogens is 2. The summed E-state index contributed by atoms with van der Waals surface area (Å²) in [6.45, 7) is 13.2. The number of benzene rings is 1. The Morgan fingerprint density at radius 1 is 1.35 bits per heavy atom. The lowest BCUT2D eigenvalue weighted by Gasteiger charge is -2.12. The standard InChI is InChI=1S/C20H27N3O2S/c1-6-8-23-17(7-9-25-20(21)24)22-18(13(2)3)19(23)26-16-11-14(4)10-15(5)12-16/h6,10-13H,1,7-9H2,2-5H3,(H2,21,24). The van der Waals surface area contributed by atoms with Crippen molar-refractivity contribution in [2.24, 2.45) is 5.73 Å². The SMILES string of the molecule is C=CCn1c(CCOC(N)=O)nc(C(C)C)c1Sc1cc(C)cc(C)c1. The minimum atomic E-state index is -0.763. The van der Waals surface area contributed by atoms with Gasteiger partial charge in [-0.15, -0.1) is 6.58 Å². The normalized spacial score (nSPS) is 11.0. The first kappa shape index (κ1) is 20.1. The predicted octanol–water partition coefficient (Wildman–Crippen LogP) is 4.60. The van der Waals surface area contributed by atoms with E-state index in [2.05, 4.69) is 57.0 Å². The molecule has 0 unspecified atom stereocenters. The van der Waals surface area contributed by atoms with Crippen LogP contribution < -0.4 is 5.73 Å². The summed E-state index contributed by atoms with van der Waals surface area (Å²) in [5.41, 5.74) is 8.58. The first-order chi connectivity index (χ1) is 12.3. The Bertz CT molecular complexity index is 776. The monoisotopic (exact) mass is 373 g/mol. The van der Waals surface area contributed by atoms with Gasteiger partial charge in [0.25, 0.3) is 0 Å². The molecule has 1 aromatic heterocycles. The van der Waals surface area contributed by atoms with Gasteiger partial charge in [-0.3, -0.25) is 0 Å². The van der Waals surface area contributed by atoms with Gasteiger partial charge in [0.05, 0.1) is 5.69 Å². The highest BCUT2D eigenvalue weighted by molar-refractivity contribution is 7.99. The van der Waals surface area contributed by atoms with Gasteiger partial charge in [-0.1, -0.05) is 37.8 Å². The van der Waals surface area contributed by atoms with Crippen molar-refractivity contribution in [1.82, 2.24) is 9.55 Å². The third-order valence-electron chi connectivity index (χ3n) is 3.86. The summed E-state index contributed by atoms with van der Waals surface area (Å²) in [5.74, 6) is 1.16. The highest BCUT2D eigenvalue weighted by Gasteiger charge is 2.20. The van der Waals surface area contributed by atoms with Crippen molar-refractivity contribution < 1.29 is 9.53 Å². The predicted molar refractivity (Wildman–Crippen MR) is 106 cm³/mol. The molecule has 26 heavy (non-hydrogen) atoms. The number of rotatable bonds is 8. The summed E-state index contributed by atoms with van der Waals surface area (Å²) < 4.78 is 7.04. The van der Waals surface area contributed by atoms with Crippen LogP contribution in [0.2, 0.25) is 0 Å². The van der Waals surface area contributed by atoms with E-state index in [1.807, 2.05) is 6.08 Å². The maximum absolute atomic E-state index is 10.8. The van der Waals surface area contributed by atoms with E-state index in [1.54, 1.807) is 11.8 Å². The Balaban J connectivity index is 2.41. The molecule has 0 saturated carbocycles. The van der Waals surface area contributed by atoms with Crippen molar-refractivity contribution in [2.75, 3.05) is 6.61 Å². The molecule has 6 heteroatoms. The molecular weight excluding hydrogens is 346 g/mol.